The van der Waals surface area contributed by atoms with Crippen LogP contribution in [0.4, 0.5) is 5.69 Å². The number of aromatic nitrogens is 1. The maximum absolute atomic E-state index is 6.08. The zero-order valence-corrected chi connectivity index (χ0v) is 13.5. The van der Waals surface area contributed by atoms with Crippen molar-refractivity contribution in [2.45, 2.75) is 44.2 Å². The molecule has 0 spiro atoms. The Morgan fingerprint density at radius 3 is 2.82 bits per heavy atom. The fourth-order valence-electron chi connectivity index (χ4n) is 4.07. The van der Waals surface area contributed by atoms with Gasteiger partial charge in [-0.3, -0.25) is 9.88 Å². The van der Waals surface area contributed by atoms with E-state index in [9.17, 15) is 0 Å². The molecular weight excluding hydrogens is 294 g/mol. The molecule has 116 valence electrons. The number of nitrogens with one attached hydrogen (secondary N) is 1. The van der Waals surface area contributed by atoms with Crippen molar-refractivity contribution in [3.05, 3.63) is 35.5 Å². The van der Waals surface area contributed by atoms with Crippen LogP contribution in [0.3, 0.4) is 0 Å². The van der Waals surface area contributed by atoms with Crippen LogP contribution in [0, 0.1) is 0 Å². The van der Waals surface area contributed by atoms with Gasteiger partial charge in [0.05, 0.1) is 5.52 Å². The van der Waals surface area contributed by atoms with E-state index in [1.807, 2.05) is 18.3 Å². The number of halogens is 1. The molecule has 2 heterocycles. The summed E-state index contributed by atoms with van der Waals surface area (Å²) in [4.78, 5) is 7.12. The molecule has 1 aromatic heterocycles. The van der Waals surface area contributed by atoms with E-state index in [1.54, 1.807) is 0 Å². The lowest BCUT2D eigenvalue weighted by atomic mass is 10.1. The highest BCUT2D eigenvalue weighted by Crippen LogP contribution is 2.32. The lowest BCUT2D eigenvalue weighted by Crippen LogP contribution is -2.42. The van der Waals surface area contributed by atoms with Gasteiger partial charge in [0.1, 0.15) is 0 Å². The third kappa shape index (κ3) is 2.68. The number of likely N-dealkylation sites (tertiary alicyclic amines) is 1. The molecular formula is C18H22ClN3. The zero-order valence-electron chi connectivity index (χ0n) is 12.8. The summed E-state index contributed by atoms with van der Waals surface area (Å²) in [6.45, 7) is 2.55. The molecule has 4 heteroatoms. The molecule has 1 saturated heterocycles. The predicted molar refractivity (Wildman–Crippen MR) is 92.6 cm³/mol. The molecule has 22 heavy (non-hydrogen) atoms. The van der Waals surface area contributed by atoms with Crippen LogP contribution in [0.25, 0.3) is 10.9 Å². The van der Waals surface area contributed by atoms with Gasteiger partial charge in [0.25, 0.3) is 0 Å². The molecule has 1 aliphatic heterocycles. The summed E-state index contributed by atoms with van der Waals surface area (Å²) in [6, 6.07) is 9.30. The van der Waals surface area contributed by atoms with Crippen LogP contribution in [0.15, 0.2) is 30.5 Å². The summed E-state index contributed by atoms with van der Waals surface area (Å²) in [6.07, 6.45) is 8.51. The summed E-state index contributed by atoms with van der Waals surface area (Å²) in [5, 5.41) is 5.71. The van der Waals surface area contributed by atoms with E-state index in [0.717, 1.165) is 10.5 Å². The van der Waals surface area contributed by atoms with Crippen LogP contribution in [0.5, 0.6) is 0 Å². The normalized spacial score (nSPS) is 25.9. The van der Waals surface area contributed by atoms with Gasteiger partial charge in [-0.25, -0.2) is 0 Å². The van der Waals surface area contributed by atoms with E-state index >= 15 is 0 Å². The van der Waals surface area contributed by atoms with Crippen molar-refractivity contribution >= 4 is 28.2 Å². The summed E-state index contributed by atoms with van der Waals surface area (Å²) in [5.74, 6) is 0. The number of hydrogen-bond acceptors (Lipinski definition) is 3. The molecule has 2 aliphatic rings. The van der Waals surface area contributed by atoms with Crippen LogP contribution < -0.4 is 5.32 Å². The van der Waals surface area contributed by atoms with E-state index in [1.165, 1.54) is 56.3 Å². The Hall–Kier alpha value is -1.32. The average molecular weight is 316 g/mol. The standard InChI is InChI=1S/C18H22ClN3/c19-13-6-7-14-15(8-9-20-17(14)12-13)21-16-4-3-5-18(16)22-10-1-2-11-22/h6-9,12,16,18H,1-5,10-11H2,(H,20,21). The second-order valence-electron chi connectivity index (χ2n) is 6.51. The number of hydrogen-bond donors (Lipinski definition) is 1. The van der Waals surface area contributed by atoms with Crippen molar-refractivity contribution in [1.82, 2.24) is 9.88 Å². The first-order chi connectivity index (χ1) is 10.8. The topological polar surface area (TPSA) is 28.2 Å². The van der Waals surface area contributed by atoms with Gasteiger partial charge in [0.2, 0.25) is 0 Å². The first-order valence-electron chi connectivity index (χ1n) is 8.36. The van der Waals surface area contributed by atoms with Crippen LogP contribution in [0.1, 0.15) is 32.1 Å². The van der Waals surface area contributed by atoms with Gasteiger partial charge in [0.15, 0.2) is 0 Å². The summed E-state index contributed by atoms with van der Waals surface area (Å²) < 4.78 is 0. The van der Waals surface area contributed by atoms with E-state index < -0.39 is 0 Å². The second-order valence-corrected chi connectivity index (χ2v) is 6.95. The minimum atomic E-state index is 0.555. The highest BCUT2D eigenvalue weighted by Gasteiger charge is 2.33. The van der Waals surface area contributed by atoms with Crippen molar-refractivity contribution < 1.29 is 0 Å². The average Bonchev–Trinajstić information content (AvgIpc) is 3.17. The fraction of sp³-hybridized carbons (Fsp3) is 0.500. The first-order valence-corrected chi connectivity index (χ1v) is 8.74. The quantitative estimate of drug-likeness (QED) is 0.914. The molecule has 4 rings (SSSR count). The van der Waals surface area contributed by atoms with Gasteiger partial charge in [-0.1, -0.05) is 11.6 Å². The maximum atomic E-state index is 6.08. The van der Waals surface area contributed by atoms with Gasteiger partial charge in [-0.05, 0) is 69.5 Å². The molecule has 1 aromatic carbocycles. The Labute approximate surface area is 136 Å². The molecule has 1 aliphatic carbocycles. The number of fused-ring (bicyclic) bond motifs is 1. The van der Waals surface area contributed by atoms with Crippen molar-refractivity contribution in [3.8, 4) is 0 Å². The van der Waals surface area contributed by atoms with Gasteiger partial charge in [-0.15, -0.1) is 0 Å². The third-order valence-electron chi connectivity index (χ3n) is 5.13. The smallest absolute Gasteiger partial charge is 0.0737 e. The molecule has 2 unspecified atom stereocenters. The number of rotatable bonds is 3. The Morgan fingerprint density at radius 1 is 1.09 bits per heavy atom. The molecule has 2 atom stereocenters. The lowest BCUT2D eigenvalue weighted by Gasteiger charge is -2.30. The molecule has 3 nitrogen and oxygen atoms in total. The van der Waals surface area contributed by atoms with E-state index in [4.69, 9.17) is 11.6 Å². The first kappa shape index (κ1) is 14.3. The maximum Gasteiger partial charge on any atom is 0.0737 e. The van der Waals surface area contributed by atoms with Gasteiger partial charge in [-0.2, -0.15) is 0 Å². The Bertz CT molecular complexity index is 666. The van der Waals surface area contributed by atoms with Crippen LogP contribution in [0.2, 0.25) is 5.02 Å². The fourth-order valence-corrected chi connectivity index (χ4v) is 4.23. The third-order valence-corrected chi connectivity index (χ3v) is 5.37. The lowest BCUT2D eigenvalue weighted by molar-refractivity contribution is 0.235. The SMILES string of the molecule is Clc1ccc2c(NC3CCCC3N3CCCC3)ccnc2c1. The molecule has 2 aromatic rings. The largest absolute Gasteiger partial charge is 0.380 e. The highest BCUT2D eigenvalue weighted by atomic mass is 35.5. The number of nitrogens with zero attached hydrogens (tertiary/aromatic N) is 2. The Kier molecular flexibility index (Phi) is 3.93. The van der Waals surface area contributed by atoms with Crippen molar-refractivity contribution in [2.75, 3.05) is 18.4 Å². The van der Waals surface area contributed by atoms with Crippen LogP contribution >= 0.6 is 11.6 Å². The highest BCUT2D eigenvalue weighted by molar-refractivity contribution is 6.31. The Morgan fingerprint density at radius 2 is 1.95 bits per heavy atom. The molecule has 0 amide bonds. The molecule has 2 fully saturated rings. The number of benzene rings is 1. The van der Waals surface area contributed by atoms with Crippen molar-refractivity contribution in [1.29, 1.82) is 0 Å². The van der Waals surface area contributed by atoms with Gasteiger partial charge >= 0.3 is 0 Å². The number of anilines is 1. The minimum Gasteiger partial charge on any atom is -0.380 e. The van der Waals surface area contributed by atoms with E-state index in [2.05, 4.69) is 27.3 Å². The van der Waals surface area contributed by atoms with Crippen molar-refractivity contribution in [3.63, 3.8) is 0 Å². The molecule has 1 N–H and O–H groups in total. The van der Waals surface area contributed by atoms with E-state index in [0.29, 0.717) is 12.1 Å². The molecule has 0 radical (unpaired) electrons. The summed E-state index contributed by atoms with van der Waals surface area (Å²) >= 11 is 6.08. The Balaban J connectivity index is 1.60. The van der Waals surface area contributed by atoms with Gasteiger partial charge < -0.3 is 5.32 Å². The zero-order chi connectivity index (χ0) is 14.9. The number of pyridine rings is 1. The van der Waals surface area contributed by atoms with Crippen LogP contribution in [-0.2, 0) is 0 Å². The minimum absolute atomic E-state index is 0.555. The predicted octanol–water partition coefficient (Wildman–Crippen LogP) is 4.32. The van der Waals surface area contributed by atoms with Crippen LogP contribution in [-0.4, -0.2) is 35.1 Å². The molecule has 0 bridgehead atoms. The summed E-state index contributed by atoms with van der Waals surface area (Å²) in [7, 11) is 0. The molecule has 1 saturated carbocycles. The monoisotopic (exact) mass is 315 g/mol. The van der Waals surface area contributed by atoms with Crippen molar-refractivity contribution in [2.24, 2.45) is 0 Å². The summed E-state index contributed by atoms with van der Waals surface area (Å²) in [5.41, 5.74) is 2.16. The second kappa shape index (κ2) is 6.05. The van der Waals surface area contributed by atoms with E-state index in [-0.39, 0.29) is 0 Å². The van der Waals surface area contributed by atoms with Gasteiger partial charge in [0, 0.05) is 34.4 Å².